The lowest BCUT2D eigenvalue weighted by Gasteiger charge is -2.29. The number of sulfonamides is 1. The smallest absolute Gasteiger partial charge is 0.332 e. The van der Waals surface area contributed by atoms with Gasteiger partial charge >= 0.3 is 6.03 Å². The number of halogens is 1. The number of rotatable bonds is 5. The van der Waals surface area contributed by atoms with Crippen LogP contribution in [-0.4, -0.2) is 44.1 Å². The predicted octanol–water partition coefficient (Wildman–Crippen LogP) is 3.66. The summed E-state index contributed by atoms with van der Waals surface area (Å²) in [5.74, 6) is -0.364. The largest absolute Gasteiger partial charge is 0.345 e. The van der Waals surface area contributed by atoms with Gasteiger partial charge in [-0.2, -0.15) is 0 Å². The van der Waals surface area contributed by atoms with E-state index in [0.717, 1.165) is 11.1 Å². The van der Waals surface area contributed by atoms with Gasteiger partial charge in [-0.25, -0.2) is 17.9 Å². The molecule has 2 N–H and O–H groups in total. The first-order valence-electron chi connectivity index (χ1n) is 9.35. The molecule has 3 amide bonds. The Bertz CT molecular complexity index is 839. The lowest BCUT2D eigenvalue weighted by atomic mass is 9.92. The van der Waals surface area contributed by atoms with E-state index < -0.39 is 27.2 Å². The fourth-order valence-corrected chi connectivity index (χ4v) is 4.93. The molecule has 0 aromatic heterocycles. The van der Waals surface area contributed by atoms with Crippen molar-refractivity contribution in [3.8, 4) is 0 Å². The van der Waals surface area contributed by atoms with Crippen LogP contribution in [0.4, 0.5) is 10.5 Å². The maximum atomic E-state index is 12.6. The molecule has 0 saturated carbocycles. The average molecular weight is 430 g/mol. The van der Waals surface area contributed by atoms with Crippen molar-refractivity contribution in [1.29, 1.82) is 0 Å². The van der Waals surface area contributed by atoms with Gasteiger partial charge in [0.25, 0.3) is 0 Å². The fourth-order valence-electron chi connectivity index (χ4n) is 3.33. The van der Waals surface area contributed by atoms with Crippen molar-refractivity contribution >= 4 is 39.2 Å². The van der Waals surface area contributed by atoms with Crippen LogP contribution in [0.3, 0.4) is 0 Å². The van der Waals surface area contributed by atoms with E-state index in [4.69, 9.17) is 11.6 Å². The van der Waals surface area contributed by atoms with E-state index in [0.29, 0.717) is 23.7 Å². The van der Waals surface area contributed by atoms with Gasteiger partial charge in [0.05, 0.1) is 0 Å². The van der Waals surface area contributed by atoms with Gasteiger partial charge in [0, 0.05) is 24.3 Å². The zero-order chi connectivity index (χ0) is 21.2. The Hall–Kier alpha value is -1.80. The minimum Gasteiger partial charge on any atom is -0.345 e. The van der Waals surface area contributed by atoms with Crippen LogP contribution in [0.25, 0.3) is 0 Å². The van der Waals surface area contributed by atoms with Gasteiger partial charge < -0.3 is 10.2 Å². The second-order valence-electron chi connectivity index (χ2n) is 7.76. The molecule has 1 atom stereocenters. The molecule has 0 radical (unpaired) electrons. The van der Waals surface area contributed by atoms with Gasteiger partial charge in [0.2, 0.25) is 15.9 Å². The summed E-state index contributed by atoms with van der Waals surface area (Å²) in [4.78, 5) is 26.1. The summed E-state index contributed by atoms with van der Waals surface area (Å²) >= 11 is 6.22. The third-order valence-electron chi connectivity index (χ3n) is 4.87. The number of hydrogen-bond acceptors (Lipinski definition) is 4. The van der Waals surface area contributed by atoms with Gasteiger partial charge in [-0.1, -0.05) is 39.3 Å². The first kappa shape index (κ1) is 22.5. The number of benzene rings is 1. The Kier molecular flexibility index (Phi) is 6.98. The van der Waals surface area contributed by atoms with Crippen molar-refractivity contribution in [2.75, 3.05) is 18.9 Å². The molecule has 1 saturated heterocycles. The molecule has 1 unspecified atom stereocenters. The lowest BCUT2D eigenvalue weighted by Crippen LogP contribution is -2.51. The quantitative estimate of drug-likeness (QED) is 0.746. The van der Waals surface area contributed by atoms with E-state index in [1.54, 1.807) is 19.2 Å². The summed E-state index contributed by atoms with van der Waals surface area (Å²) in [6.07, 6.45) is 0.767. The normalized spacial score (nSPS) is 17.9. The topological polar surface area (TPSA) is 95.6 Å². The molecule has 1 aliphatic heterocycles. The summed E-state index contributed by atoms with van der Waals surface area (Å²) in [5.41, 5.74) is 2.18. The van der Waals surface area contributed by atoms with Crippen molar-refractivity contribution in [1.82, 2.24) is 9.62 Å². The lowest BCUT2D eigenvalue weighted by molar-refractivity contribution is -0.131. The standard InChI is InChI=1S/C19H28ClN3O4S/c1-11(2)14-9-13(20)10-15(12(3)4)17(14)21-19(25)22-28(26,27)16-7-6-8-23(5)18(16)24/h9-12,16H,6-8H2,1-5H3,(H2,21,22,25). The minimum atomic E-state index is -4.14. The van der Waals surface area contributed by atoms with Crippen LogP contribution in [0.15, 0.2) is 12.1 Å². The number of carbonyl (C=O) groups is 2. The minimum absolute atomic E-state index is 0.0664. The summed E-state index contributed by atoms with van der Waals surface area (Å²) in [6, 6.07) is 2.65. The number of urea groups is 1. The number of hydrogen-bond donors (Lipinski definition) is 2. The first-order valence-corrected chi connectivity index (χ1v) is 11.3. The van der Waals surface area contributed by atoms with Gasteiger partial charge in [0.1, 0.15) is 0 Å². The summed E-state index contributed by atoms with van der Waals surface area (Å²) in [6.45, 7) is 8.37. The van der Waals surface area contributed by atoms with E-state index in [2.05, 4.69) is 5.32 Å². The summed E-state index contributed by atoms with van der Waals surface area (Å²) in [7, 11) is -2.58. The van der Waals surface area contributed by atoms with Crippen LogP contribution in [0, 0.1) is 0 Å². The Balaban J connectivity index is 2.29. The second kappa shape index (κ2) is 8.69. The maximum absolute atomic E-state index is 12.6. The Morgan fingerprint density at radius 1 is 1.18 bits per heavy atom. The monoisotopic (exact) mass is 429 g/mol. The fraction of sp³-hybridized carbons (Fsp3) is 0.579. The van der Waals surface area contributed by atoms with Crippen molar-refractivity contribution in [2.24, 2.45) is 0 Å². The summed E-state index contributed by atoms with van der Waals surface area (Å²) < 4.78 is 27.2. The molecule has 1 aromatic carbocycles. The molecule has 1 heterocycles. The van der Waals surface area contributed by atoms with E-state index in [-0.39, 0.29) is 18.3 Å². The highest BCUT2D eigenvalue weighted by Crippen LogP contribution is 2.35. The highest BCUT2D eigenvalue weighted by Gasteiger charge is 2.38. The van der Waals surface area contributed by atoms with Crippen molar-refractivity contribution in [3.05, 3.63) is 28.3 Å². The molecule has 0 bridgehead atoms. The molecule has 7 nitrogen and oxygen atoms in total. The molecule has 2 rings (SSSR count). The van der Waals surface area contributed by atoms with Crippen LogP contribution < -0.4 is 10.0 Å². The molecule has 1 fully saturated rings. The Morgan fingerprint density at radius 2 is 1.71 bits per heavy atom. The average Bonchev–Trinajstić information content (AvgIpc) is 2.57. The van der Waals surface area contributed by atoms with E-state index in [9.17, 15) is 18.0 Å². The predicted molar refractivity (Wildman–Crippen MR) is 111 cm³/mol. The number of piperidine rings is 1. The molecule has 0 aliphatic carbocycles. The van der Waals surface area contributed by atoms with E-state index in [1.165, 1.54) is 4.90 Å². The molecule has 9 heteroatoms. The van der Waals surface area contributed by atoms with Gasteiger partial charge in [-0.3, -0.25) is 4.79 Å². The molecule has 1 aliphatic rings. The van der Waals surface area contributed by atoms with Gasteiger partial charge in [-0.05, 0) is 47.9 Å². The molecule has 28 heavy (non-hydrogen) atoms. The zero-order valence-electron chi connectivity index (χ0n) is 16.9. The van der Waals surface area contributed by atoms with E-state index in [1.807, 2.05) is 32.4 Å². The van der Waals surface area contributed by atoms with Gasteiger partial charge in [0.15, 0.2) is 5.25 Å². The number of carbonyl (C=O) groups excluding carboxylic acids is 2. The van der Waals surface area contributed by atoms with Crippen LogP contribution in [0.5, 0.6) is 0 Å². The molecular formula is C19H28ClN3O4S. The highest BCUT2D eigenvalue weighted by molar-refractivity contribution is 7.91. The molecule has 1 aromatic rings. The highest BCUT2D eigenvalue weighted by atomic mass is 35.5. The van der Waals surface area contributed by atoms with Crippen LogP contribution in [-0.2, 0) is 14.8 Å². The maximum Gasteiger partial charge on any atom is 0.332 e. The number of likely N-dealkylation sites (tertiary alicyclic amines) is 1. The number of amides is 3. The van der Waals surface area contributed by atoms with E-state index >= 15 is 0 Å². The Morgan fingerprint density at radius 3 is 2.21 bits per heavy atom. The third-order valence-corrected chi connectivity index (χ3v) is 6.74. The summed E-state index contributed by atoms with van der Waals surface area (Å²) in [5, 5.41) is 1.98. The number of nitrogens with zero attached hydrogens (tertiary/aromatic N) is 1. The number of anilines is 1. The second-order valence-corrected chi connectivity index (χ2v) is 10.1. The Labute approximate surface area is 171 Å². The van der Waals surface area contributed by atoms with Crippen LogP contribution in [0.1, 0.15) is 63.5 Å². The first-order chi connectivity index (χ1) is 12.9. The van der Waals surface area contributed by atoms with Crippen LogP contribution in [0.2, 0.25) is 5.02 Å². The zero-order valence-corrected chi connectivity index (χ0v) is 18.4. The molecular weight excluding hydrogens is 402 g/mol. The SMILES string of the molecule is CC(C)c1cc(Cl)cc(C(C)C)c1NC(=O)NS(=O)(=O)C1CCCN(C)C1=O. The number of nitrogens with one attached hydrogen (secondary N) is 2. The van der Waals surface area contributed by atoms with Crippen molar-refractivity contribution in [2.45, 2.75) is 57.6 Å². The van der Waals surface area contributed by atoms with Crippen molar-refractivity contribution in [3.63, 3.8) is 0 Å². The van der Waals surface area contributed by atoms with Crippen LogP contribution >= 0.6 is 11.6 Å². The molecule has 0 spiro atoms. The van der Waals surface area contributed by atoms with Gasteiger partial charge in [-0.15, -0.1) is 0 Å². The van der Waals surface area contributed by atoms with Crippen molar-refractivity contribution < 1.29 is 18.0 Å². The molecule has 156 valence electrons. The third kappa shape index (κ3) is 4.97.